The second kappa shape index (κ2) is 5.87. The van der Waals surface area contributed by atoms with E-state index in [0.29, 0.717) is 6.61 Å². The van der Waals surface area contributed by atoms with Crippen LogP contribution in [0.15, 0.2) is 48.7 Å². The average molecular weight is 281 g/mol. The topological polar surface area (TPSA) is 49.9 Å². The summed E-state index contributed by atoms with van der Waals surface area (Å²) in [4.78, 5) is 0. The van der Waals surface area contributed by atoms with E-state index in [1.165, 1.54) is 5.56 Å². The molecule has 2 N–H and O–H groups in total. The third-order valence-electron chi connectivity index (χ3n) is 3.55. The Hall–Kier alpha value is -2.49. The van der Waals surface area contributed by atoms with Gasteiger partial charge in [0.15, 0.2) is 0 Å². The molecule has 3 rings (SSSR count). The first-order valence-corrected chi connectivity index (χ1v) is 7.19. The van der Waals surface area contributed by atoms with Crippen LogP contribution in [0.1, 0.15) is 25.5 Å². The van der Waals surface area contributed by atoms with E-state index in [2.05, 4.69) is 40.6 Å². The van der Waals surface area contributed by atoms with Crippen molar-refractivity contribution in [2.75, 3.05) is 11.9 Å². The molecule has 0 saturated heterocycles. The standard InChI is InChI=1S/C17H19N3O/c1-3-21-14-9-7-13(8-10-14)12(2)19-16-5-4-6-17-15(16)11-18-20-17/h4-12,19H,3H2,1-2H3,(H,18,20). The number of nitrogens with zero attached hydrogens (tertiary/aromatic N) is 1. The number of aromatic amines is 1. The minimum Gasteiger partial charge on any atom is -0.494 e. The van der Waals surface area contributed by atoms with Crippen LogP contribution in [0.25, 0.3) is 10.9 Å². The van der Waals surface area contributed by atoms with E-state index < -0.39 is 0 Å². The smallest absolute Gasteiger partial charge is 0.119 e. The fourth-order valence-corrected chi connectivity index (χ4v) is 2.43. The van der Waals surface area contributed by atoms with E-state index in [9.17, 15) is 0 Å². The molecule has 1 unspecified atom stereocenters. The van der Waals surface area contributed by atoms with E-state index in [1.807, 2.05) is 37.4 Å². The lowest BCUT2D eigenvalue weighted by Crippen LogP contribution is -2.06. The molecular weight excluding hydrogens is 262 g/mol. The number of aromatic nitrogens is 2. The molecule has 3 aromatic rings. The van der Waals surface area contributed by atoms with Gasteiger partial charge in [-0.3, -0.25) is 5.10 Å². The highest BCUT2D eigenvalue weighted by Crippen LogP contribution is 2.26. The normalized spacial score (nSPS) is 12.3. The summed E-state index contributed by atoms with van der Waals surface area (Å²) in [5.74, 6) is 0.908. The maximum atomic E-state index is 5.47. The number of rotatable bonds is 5. The number of ether oxygens (including phenoxy) is 1. The fourth-order valence-electron chi connectivity index (χ4n) is 2.43. The van der Waals surface area contributed by atoms with Gasteiger partial charge < -0.3 is 10.1 Å². The zero-order chi connectivity index (χ0) is 14.7. The van der Waals surface area contributed by atoms with Crippen molar-refractivity contribution >= 4 is 16.6 Å². The number of H-pyrrole nitrogens is 1. The van der Waals surface area contributed by atoms with E-state index in [-0.39, 0.29) is 6.04 Å². The maximum absolute atomic E-state index is 5.47. The predicted octanol–water partition coefficient (Wildman–Crippen LogP) is 4.13. The maximum Gasteiger partial charge on any atom is 0.119 e. The van der Waals surface area contributed by atoms with Crippen molar-refractivity contribution in [3.63, 3.8) is 0 Å². The number of hydrogen-bond acceptors (Lipinski definition) is 3. The molecule has 2 aromatic carbocycles. The Morgan fingerprint density at radius 1 is 1.19 bits per heavy atom. The third-order valence-corrected chi connectivity index (χ3v) is 3.55. The zero-order valence-electron chi connectivity index (χ0n) is 12.3. The second-order valence-electron chi connectivity index (χ2n) is 5.00. The molecule has 0 amide bonds. The van der Waals surface area contributed by atoms with Gasteiger partial charge in [0.05, 0.1) is 18.3 Å². The minimum atomic E-state index is 0.209. The monoisotopic (exact) mass is 281 g/mol. The molecule has 21 heavy (non-hydrogen) atoms. The van der Waals surface area contributed by atoms with Gasteiger partial charge in [0.25, 0.3) is 0 Å². The first-order valence-electron chi connectivity index (χ1n) is 7.19. The summed E-state index contributed by atoms with van der Waals surface area (Å²) in [5, 5.41) is 11.7. The van der Waals surface area contributed by atoms with Crippen molar-refractivity contribution in [1.29, 1.82) is 0 Å². The van der Waals surface area contributed by atoms with Gasteiger partial charge >= 0.3 is 0 Å². The summed E-state index contributed by atoms with van der Waals surface area (Å²) in [6.07, 6.45) is 1.85. The molecule has 4 nitrogen and oxygen atoms in total. The highest BCUT2D eigenvalue weighted by Gasteiger charge is 2.08. The summed E-state index contributed by atoms with van der Waals surface area (Å²) < 4.78 is 5.47. The quantitative estimate of drug-likeness (QED) is 0.739. The van der Waals surface area contributed by atoms with E-state index >= 15 is 0 Å². The van der Waals surface area contributed by atoms with Crippen LogP contribution >= 0.6 is 0 Å². The lowest BCUT2D eigenvalue weighted by molar-refractivity contribution is 0.340. The lowest BCUT2D eigenvalue weighted by Gasteiger charge is -2.17. The van der Waals surface area contributed by atoms with Gasteiger partial charge in [-0.15, -0.1) is 0 Å². The molecule has 1 atom stereocenters. The molecule has 0 bridgehead atoms. The zero-order valence-corrected chi connectivity index (χ0v) is 12.3. The number of hydrogen-bond donors (Lipinski definition) is 2. The van der Waals surface area contributed by atoms with Crippen LogP contribution in [0.3, 0.4) is 0 Å². The summed E-state index contributed by atoms with van der Waals surface area (Å²) >= 11 is 0. The van der Waals surface area contributed by atoms with Gasteiger partial charge in [-0.05, 0) is 43.7 Å². The van der Waals surface area contributed by atoms with Gasteiger partial charge in [-0.1, -0.05) is 18.2 Å². The fraction of sp³-hybridized carbons (Fsp3) is 0.235. The van der Waals surface area contributed by atoms with Crippen molar-refractivity contribution in [3.05, 3.63) is 54.2 Å². The minimum absolute atomic E-state index is 0.209. The van der Waals surface area contributed by atoms with Crippen molar-refractivity contribution in [2.45, 2.75) is 19.9 Å². The van der Waals surface area contributed by atoms with Crippen LogP contribution in [-0.2, 0) is 0 Å². The number of benzene rings is 2. The summed E-state index contributed by atoms with van der Waals surface area (Å²) in [6.45, 7) is 4.83. The first-order chi connectivity index (χ1) is 10.3. The lowest BCUT2D eigenvalue weighted by atomic mass is 10.1. The van der Waals surface area contributed by atoms with E-state index in [1.54, 1.807) is 0 Å². The van der Waals surface area contributed by atoms with Crippen molar-refractivity contribution in [1.82, 2.24) is 10.2 Å². The van der Waals surface area contributed by atoms with Crippen molar-refractivity contribution in [2.24, 2.45) is 0 Å². The van der Waals surface area contributed by atoms with Gasteiger partial charge in [0.1, 0.15) is 5.75 Å². The summed E-state index contributed by atoms with van der Waals surface area (Å²) in [5.41, 5.74) is 3.35. The highest BCUT2D eigenvalue weighted by molar-refractivity contribution is 5.90. The van der Waals surface area contributed by atoms with Crippen LogP contribution in [0.5, 0.6) is 5.75 Å². The number of anilines is 1. The molecule has 1 heterocycles. The Labute approximate surface area is 124 Å². The average Bonchev–Trinajstić information content (AvgIpc) is 2.98. The van der Waals surface area contributed by atoms with Crippen LogP contribution in [0.2, 0.25) is 0 Å². The summed E-state index contributed by atoms with van der Waals surface area (Å²) in [6, 6.07) is 14.5. The molecule has 4 heteroatoms. The Bertz CT molecular complexity index is 718. The molecule has 0 fully saturated rings. The molecular formula is C17H19N3O. The van der Waals surface area contributed by atoms with Crippen LogP contribution in [-0.4, -0.2) is 16.8 Å². The Morgan fingerprint density at radius 2 is 2.00 bits per heavy atom. The Morgan fingerprint density at radius 3 is 2.76 bits per heavy atom. The summed E-state index contributed by atoms with van der Waals surface area (Å²) in [7, 11) is 0. The van der Waals surface area contributed by atoms with E-state index in [0.717, 1.165) is 22.3 Å². The van der Waals surface area contributed by atoms with Crippen LogP contribution in [0, 0.1) is 0 Å². The number of fused-ring (bicyclic) bond motifs is 1. The molecule has 108 valence electrons. The van der Waals surface area contributed by atoms with E-state index in [4.69, 9.17) is 4.74 Å². The first kappa shape index (κ1) is 13.5. The Kier molecular flexibility index (Phi) is 3.77. The van der Waals surface area contributed by atoms with Crippen molar-refractivity contribution in [3.8, 4) is 5.75 Å². The van der Waals surface area contributed by atoms with Gasteiger partial charge in [0, 0.05) is 17.1 Å². The third kappa shape index (κ3) is 2.84. The Balaban J connectivity index is 1.79. The van der Waals surface area contributed by atoms with Gasteiger partial charge in [-0.2, -0.15) is 5.10 Å². The van der Waals surface area contributed by atoms with Crippen LogP contribution in [0.4, 0.5) is 5.69 Å². The molecule has 0 radical (unpaired) electrons. The second-order valence-corrected chi connectivity index (χ2v) is 5.00. The van der Waals surface area contributed by atoms with Crippen molar-refractivity contribution < 1.29 is 4.74 Å². The molecule has 0 aliphatic carbocycles. The van der Waals surface area contributed by atoms with Gasteiger partial charge in [0.2, 0.25) is 0 Å². The molecule has 0 spiro atoms. The molecule has 1 aromatic heterocycles. The predicted molar refractivity (Wildman–Crippen MR) is 85.7 cm³/mol. The molecule has 0 aliphatic rings. The number of nitrogens with one attached hydrogen (secondary N) is 2. The largest absolute Gasteiger partial charge is 0.494 e. The SMILES string of the molecule is CCOc1ccc(C(C)Nc2cccc3[nH]ncc23)cc1. The van der Waals surface area contributed by atoms with Crippen LogP contribution < -0.4 is 10.1 Å². The van der Waals surface area contributed by atoms with Gasteiger partial charge in [-0.25, -0.2) is 0 Å². The molecule has 0 aliphatic heterocycles. The molecule has 0 saturated carbocycles. The highest BCUT2D eigenvalue weighted by atomic mass is 16.5.